The third kappa shape index (κ3) is 5.29. The summed E-state index contributed by atoms with van der Waals surface area (Å²) in [7, 11) is 0. The average Bonchev–Trinajstić information content (AvgIpc) is 2.24. The van der Waals surface area contributed by atoms with Crippen molar-refractivity contribution in [3.8, 4) is 0 Å². The van der Waals surface area contributed by atoms with Crippen LogP contribution in [0.4, 0.5) is 0 Å². The van der Waals surface area contributed by atoms with Crippen molar-refractivity contribution in [3.05, 3.63) is 35.9 Å². The Labute approximate surface area is 103 Å². The van der Waals surface area contributed by atoms with Crippen LogP contribution in [-0.4, -0.2) is 11.6 Å². The van der Waals surface area contributed by atoms with E-state index in [0.717, 1.165) is 17.7 Å². The summed E-state index contributed by atoms with van der Waals surface area (Å²) in [6.45, 7) is 7.92. The molecule has 1 N–H and O–H groups in total. The average molecular weight is 232 g/mol. The van der Waals surface area contributed by atoms with Gasteiger partial charge in [0.2, 0.25) is 5.91 Å². The van der Waals surface area contributed by atoms with Crippen LogP contribution >= 0.6 is 0 Å². The summed E-state index contributed by atoms with van der Waals surface area (Å²) in [5, 5.41) is 4.20. The fraction of sp³-hybridized carbons (Fsp3) is 0.429. The SMILES string of the molecule is CC(=O)NN=C(CC(C)(C)C)c1ccccc1. The summed E-state index contributed by atoms with van der Waals surface area (Å²) in [6.07, 6.45) is 0.817. The minimum Gasteiger partial charge on any atom is -0.274 e. The normalized spacial score (nSPS) is 12.4. The van der Waals surface area contributed by atoms with Gasteiger partial charge >= 0.3 is 0 Å². The molecule has 0 aliphatic carbocycles. The van der Waals surface area contributed by atoms with Gasteiger partial charge in [-0.1, -0.05) is 51.1 Å². The van der Waals surface area contributed by atoms with Crippen LogP contribution in [0, 0.1) is 5.41 Å². The van der Waals surface area contributed by atoms with Crippen molar-refractivity contribution in [2.75, 3.05) is 0 Å². The molecule has 0 fully saturated rings. The maximum absolute atomic E-state index is 10.9. The fourth-order valence-electron chi connectivity index (χ4n) is 1.49. The number of hydrogen-bond donors (Lipinski definition) is 1. The van der Waals surface area contributed by atoms with Crippen molar-refractivity contribution in [1.29, 1.82) is 0 Å². The molecule has 0 bridgehead atoms. The zero-order valence-electron chi connectivity index (χ0n) is 10.9. The van der Waals surface area contributed by atoms with Gasteiger partial charge in [0, 0.05) is 6.92 Å². The molecular formula is C14H20N2O. The number of nitrogens with zero attached hydrogens (tertiary/aromatic N) is 1. The van der Waals surface area contributed by atoms with Gasteiger partial charge in [-0.05, 0) is 17.4 Å². The summed E-state index contributed by atoms with van der Waals surface area (Å²) in [6, 6.07) is 9.93. The van der Waals surface area contributed by atoms with Crippen LogP contribution in [0.15, 0.2) is 35.4 Å². The molecule has 3 heteroatoms. The van der Waals surface area contributed by atoms with E-state index in [0.29, 0.717) is 0 Å². The Bertz CT molecular complexity index is 402. The van der Waals surface area contributed by atoms with Gasteiger partial charge in [0.05, 0.1) is 5.71 Å². The third-order valence-electron chi connectivity index (χ3n) is 2.15. The minimum absolute atomic E-state index is 0.132. The van der Waals surface area contributed by atoms with Crippen LogP contribution in [0.2, 0.25) is 0 Å². The monoisotopic (exact) mass is 232 g/mol. The van der Waals surface area contributed by atoms with E-state index >= 15 is 0 Å². The van der Waals surface area contributed by atoms with Gasteiger partial charge in [-0.3, -0.25) is 4.79 Å². The highest BCUT2D eigenvalue weighted by atomic mass is 16.2. The van der Waals surface area contributed by atoms with E-state index in [1.165, 1.54) is 6.92 Å². The molecule has 17 heavy (non-hydrogen) atoms. The fourth-order valence-corrected chi connectivity index (χ4v) is 1.49. The smallest absolute Gasteiger partial charge is 0.236 e. The number of amides is 1. The zero-order valence-corrected chi connectivity index (χ0v) is 10.9. The van der Waals surface area contributed by atoms with E-state index in [1.807, 2.05) is 30.3 Å². The van der Waals surface area contributed by atoms with E-state index in [4.69, 9.17) is 0 Å². The maximum atomic E-state index is 10.9. The first-order valence-corrected chi connectivity index (χ1v) is 5.77. The summed E-state index contributed by atoms with van der Waals surface area (Å²) in [5.74, 6) is -0.146. The molecule has 0 aliphatic heterocycles. The Morgan fingerprint density at radius 3 is 2.29 bits per heavy atom. The lowest BCUT2D eigenvalue weighted by Crippen LogP contribution is -2.20. The molecule has 1 aromatic carbocycles. The summed E-state index contributed by atoms with van der Waals surface area (Å²) >= 11 is 0. The molecule has 0 radical (unpaired) electrons. The predicted molar refractivity (Wildman–Crippen MR) is 70.9 cm³/mol. The van der Waals surface area contributed by atoms with Crippen molar-refractivity contribution in [2.24, 2.45) is 10.5 Å². The Morgan fingerprint density at radius 2 is 1.82 bits per heavy atom. The summed E-state index contributed by atoms with van der Waals surface area (Å²) in [5.41, 5.74) is 4.61. The van der Waals surface area contributed by atoms with Gasteiger partial charge in [0.1, 0.15) is 0 Å². The van der Waals surface area contributed by atoms with Crippen molar-refractivity contribution in [2.45, 2.75) is 34.1 Å². The second-order valence-electron chi connectivity index (χ2n) is 5.33. The number of carbonyl (C=O) groups is 1. The van der Waals surface area contributed by atoms with Gasteiger partial charge in [-0.2, -0.15) is 5.10 Å². The number of benzene rings is 1. The molecule has 0 saturated heterocycles. The summed E-state index contributed by atoms with van der Waals surface area (Å²) < 4.78 is 0. The van der Waals surface area contributed by atoms with Gasteiger partial charge < -0.3 is 0 Å². The van der Waals surface area contributed by atoms with Crippen LogP contribution in [-0.2, 0) is 4.79 Å². The third-order valence-corrected chi connectivity index (χ3v) is 2.15. The van der Waals surface area contributed by atoms with E-state index in [9.17, 15) is 4.79 Å². The van der Waals surface area contributed by atoms with Crippen molar-refractivity contribution in [3.63, 3.8) is 0 Å². The quantitative estimate of drug-likeness (QED) is 0.631. The molecule has 3 nitrogen and oxygen atoms in total. The molecule has 0 heterocycles. The number of carbonyl (C=O) groups excluding carboxylic acids is 1. The van der Waals surface area contributed by atoms with Crippen molar-refractivity contribution in [1.82, 2.24) is 5.43 Å². The highest BCUT2D eigenvalue weighted by molar-refractivity contribution is 6.01. The minimum atomic E-state index is -0.146. The van der Waals surface area contributed by atoms with Crippen LogP contribution in [0.1, 0.15) is 39.7 Å². The molecule has 0 unspecified atom stereocenters. The first kappa shape index (κ1) is 13.4. The first-order chi connectivity index (χ1) is 7.88. The zero-order chi connectivity index (χ0) is 12.9. The lowest BCUT2D eigenvalue weighted by molar-refractivity contribution is -0.118. The van der Waals surface area contributed by atoms with Crippen molar-refractivity contribution < 1.29 is 4.79 Å². The number of hydrogen-bond acceptors (Lipinski definition) is 2. The standard InChI is InChI=1S/C14H20N2O/c1-11(17)15-16-13(10-14(2,3)4)12-8-6-5-7-9-12/h5-9H,10H2,1-4H3,(H,15,17). The van der Waals surface area contributed by atoms with E-state index in [-0.39, 0.29) is 11.3 Å². The second-order valence-corrected chi connectivity index (χ2v) is 5.33. The number of rotatable bonds is 3. The molecule has 0 saturated carbocycles. The second kappa shape index (κ2) is 5.62. The highest BCUT2D eigenvalue weighted by Crippen LogP contribution is 2.21. The van der Waals surface area contributed by atoms with E-state index < -0.39 is 0 Å². The highest BCUT2D eigenvalue weighted by Gasteiger charge is 2.16. The van der Waals surface area contributed by atoms with E-state index in [1.54, 1.807) is 0 Å². The topological polar surface area (TPSA) is 41.5 Å². The lowest BCUT2D eigenvalue weighted by atomic mass is 9.87. The number of hydrazone groups is 1. The van der Waals surface area contributed by atoms with Crippen LogP contribution in [0.25, 0.3) is 0 Å². The van der Waals surface area contributed by atoms with Gasteiger partial charge in [-0.25, -0.2) is 5.43 Å². The van der Waals surface area contributed by atoms with Crippen LogP contribution < -0.4 is 5.43 Å². The molecule has 0 aliphatic rings. The molecule has 0 aromatic heterocycles. The Hall–Kier alpha value is -1.64. The molecule has 1 rings (SSSR count). The van der Waals surface area contributed by atoms with Crippen LogP contribution in [0.5, 0.6) is 0 Å². The Kier molecular flexibility index (Phi) is 4.44. The lowest BCUT2D eigenvalue weighted by Gasteiger charge is -2.19. The summed E-state index contributed by atoms with van der Waals surface area (Å²) in [4.78, 5) is 10.9. The molecule has 0 spiro atoms. The molecule has 1 amide bonds. The van der Waals surface area contributed by atoms with Gasteiger partial charge in [-0.15, -0.1) is 0 Å². The Morgan fingerprint density at radius 1 is 1.24 bits per heavy atom. The molecular weight excluding hydrogens is 212 g/mol. The van der Waals surface area contributed by atoms with Gasteiger partial charge in [0.15, 0.2) is 0 Å². The van der Waals surface area contributed by atoms with E-state index in [2.05, 4.69) is 31.3 Å². The number of nitrogens with one attached hydrogen (secondary N) is 1. The molecule has 92 valence electrons. The Balaban J connectivity index is 2.95. The largest absolute Gasteiger partial charge is 0.274 e. The molecule has 0 atom stereocenters. The van der Waals surface area contributed by atoms with Crippen LogP contribution in [0.3, 0.4) is 0 Å². The van der Waals surface area contributed by atoms with Gasteiger partial charge in [0.25, 0.3) is 0 Å². The first-order valence-electron chi connectivity index (χ1n) is 5.77. The van der Waals surface area contributed by atoms with Crippen molar-refractivity contribution >= 4 is 11.6 Å². The molecule has 1 aromatic rings. The maximum Gasteiger partial charge on any atom is 0.236 e. The predicted octanol–water partition coefficient (Wildman–Crippen LogP) is 2.96.